The number of hydrogen-bond acceptors (Lipinski definition) is 5. The van der Waals surface area contributed by atoms with E-state index >= 15 is 0 Å². The number of H-pyrrole nitrogens is 1. The van der Waals surface area contributed by atoms with Crippen molar-refractivity contribution in [1.29, 1.82) is 0 Å². The first-order valence-corrected chi connectivity index (χ1v) is 10.5. The first-order valence-electron chi connectivity index (χ1n) is 9.55. The number of nitrogens with two attached hydrogens (primary N) is 1. The molecule has 0 fully saturated rings. The van der Waals surface area contributed by atoms with E-state index in [2.05, 4.69) is 74.1 Å². The Labute approximate surface area is 195 Å². The molecule has 0 aliphatic carbocycles. The molecule has 2 aromatic heterocycles. The molecule has 3 rings (SSSR count). The van der Waals surface area contributed by atoms with Crippen molar-refractivity contribution in [3.05, 3.63) is 58.7 Å². The Kier molecular flexibility index (Phi) is 9.82. The molecule has 0 spiro atoms. The monoisotopic (exact) mass is 467 g/mol. The zero-order valence-electron chi connectivity index (χ0n) is 18.2. The quantitative estimate of drug-likeness (QED) is 0.456. The van der Waals surface area contributed by atoms with E-state index in [9.17, 15) is 0 Å². The summed E-state index contributed by atoms with van der Waals surface area (Å²) in [5, 5.41) is 7.67. The van der Waals surface area contributed by atoms with Crippen LogP contribution in [0.3, 0.4) is 0 Å². The Balaban J connectivity index is 0.00000225. The molecule has 3 aromatic rings. The molecule has 164 valence electrons. The van der Waals surface area contributed by atoms with Crippen molar-refractivity contribution >= 4 is 36.6 Å². The highest BCUT2D eigenvalue weighted by molar-refractivity contribution is 7.98. The molecule has 0 saturated heterocycles. The summed E-state index contributed by atoms with van der Waals surface area (Å²) in [6.07, 6.45) is 2.43. The Morgan fingerprint density at radius 2 is 1.70 bits per heavy atom. The Bertz CT molecular complexity index is 936. The first-order chi connectivity index (χ1) is 13.3. The summed E-state index contributed by atoms with van der Waals surface area (Å²) in [7, 11) is 0. The second kappa shape index (κ2) is 11.1. The summed E-state index contributed by atoms with van der Waals surface area (Å²) < 4.78 is 0. The van der Waals surface area contributed by atoms with Gasteiger partial charge in [0.2, 0.25) is 0 Å². The molecule has 0 amide bonds. The highest BCUT2D eigenvalue weighted by Gasteiger charge is 2.22. The molecule has 8 heteroatoms. The van der Waals surface area contributed by atoms with Crippen LogP contribution >= 0.6 is 36.6 Å². The highest BCUT2D eigenvalue weighted by Crippen LogP contribution is 2.36. The van der Waals surface area contributed by atoms with E-state index in [1.54, 1.807) is 11.8 Å². The lowest BCUT2D eigenvalue weighted by Crippen LogP contribution is -2.17. The molecule has 0 aliphatic rings. The van der Waals surface area contributed by atoms with Crippen LogP contribution in [0.25, 0.3) is 11.1 Å². The molecular formula is C22H31Cl2N5S. The number of benzene rings is 1. The Morgan fingerprint density at radius 1 is 1.03 bits per heavy atom. The van der Waals surface area contributed by atoms with Crippen molar-refractivity contribution in [2.45, 2.75) is 58.5 Å². The van der Waals surface area contributed by atoms with Gasteiger partial charge in [0, 0.05) is 23.7 Å². The summed E-state index contributed by atoms with van der Waals surface area (Å²) >= 11 is 1.63. The average Bonchev–Trinajstić information content (AvgIpc) is 3.13. The average molecular weight is 468 g/mol. The van der Waals surface area contributed by atoms with Gasteiger partial charge in [-0.15, -0.1) is 24.8 Å². The van der Waals surface area contributed by atoms with Gasteiger partial charge in [0.25, 0.3) is 0 Å². The van der Waals surface area contributed by atoms with Crippen LogP contribution in [0.15, 0.2) is 35.7 Å². The maximum absolute atomic E-state index is 6.27. The third kappa shape index (κ3) is 6.45. The molecule has 30 heavy (non-hydrogen) atoms. The molecule has 0 atom stereocenters. The van der Waals surface area contributed by atoms with Gasteiger partial charge in [-0.3, -0.25) is 10.1 Å². The van der Waals surface area contributed by atoms with Crippen molar-refractivity contribution in [3.63, 3.8) is 0 Å². The normalized spacial score (nSPS) is 11.0. The Morgan fingerprint density at radius 3 is 2.23 bits per heavy atom. The van der Waals surface area contributed by atoms with E-state index < -0.39 is 0 Å². The van der Waals surface area contributed by atoms with Crippen LogP contribution in [0, 0.1) is 19.3 Å². The topological polar surface area (TPSA) is 80.5 Å². The molecule has 0 unspecified atom stereocenters. The van der Waals surface area contributed by atoms with E-state index in [0.717, 1.165) is 34.3 Å². The second-order valence-electron chi connectivity index (χ2n) is 8.36. The molecule has 3 N–H and O–H groups in total. The summed E-state index contributed by atoms with van der Waals surface area (Å²) in [5.41, 5.74) is 14.6. The fraction of sp³-hybridized carbons (Fsp3) is 0.409. The third-order valence-electron chi connectivity index (χ3n) is 4.68. The largest absolute Gasteiger partial charge is 0.326 e. The maximum atomic E-state index is 6.27. The van der Waals surface area contributed by atoms with Crippen molar-refractivity contribution < 1.29 is 0 Å². The van der Waals surface area contributed by atoms with Gasteiger partial charge in [-0.05, 0) is 47.9 Å². The summed E-state index contributed by atoms with van der Waals surface area (Å²) in [6.45, 7) is 11.4. The van der Waals surface area contributed by atoms with E-state index in [-0.39, 0.29) is 30.2 Å². The lowest BCUT2D eigenvalue weighted by Gasteiger charge is -2.24. The van der Waals surface area contributed by atoms with Crippen molar-refractivity contribution in [1.82, 2.24) is 20.2 Å². The van der Waals surface area contributed by atoms with Crippen LogP contribution in [0.4, 0.5) is 0 Å². The lowest BCUT2D eigenvalue weighted by molar-refractivity contribution is 0.404. The minimum absolute atomic E-state index is 0. The molecular weight excluding hydrogens is 437 g/mol. The zero-order chi connectivity index (χ0) is 20.3. The number of aryl methyl sites for hydroxylation is 2. The van der Waals surface area contributed by atoms with Crippen LogP contribution in [0.2, 0.25) is 0 Å². The van der Waals surface area contributed by atoms with Crippen LogP contribution in [0.1, 0.15) is 48.8 Å². The van der Waals surface area contributed by atoms with Gasteiger partial charge in [-0.2, -0.15) is 5.10 Å². The highest BCUT2D eigenvalue weighted by atomic mass is 35.5. The summed E-state index contributed by atoms with van der Waals surface area (Å²) in [5.74, 6) is 0.764. The van der Waals surface area contributed by atoms with Crippen LogP contribution in [-0.2, 0) is 18.7 Å². The predicted molar refractivity (Wildman–Crippen MR) is 131 cm³/mol. The van der Waals surface area contributed by atoms with Crippen molar-refractivity contribution in [3.8, 4) is 11.1 Å². The zero-order valence-corrected chi connectivity index (χ0v) is 20.6. The van der Waals surface area contributed by atoms with E-state index in [4.69, 9.17) is 10.7 Å². The molecule has 5 nitrogen and oxygen atoms in total. The van der Waals surface area contributed by atoms with E-state index in [1.807, 2.05) is 0 Å². The molecule has 1 aromatic carbocycles. The Hall–Kier alpha value is -1.60. The summed E-state index contributed by atoms with van der Waals surface area (Å²) in [4.78, 5) is 9.23. The fourth-order valence-electron chi connectivity index (χ4n) is 3.36. The number of hydrogen-bond donors (Lipinski definition) is 2. The van der Waals surface area contributed by atoms with Crippen molar-refractivity contribution in [2.24, 2.45) is 11.1 Å². The van der Waals surface area contributed by atoms with E-state index in [0.29, 0.717) is 6.54 Å². The molecule has 0 radical (unpaired) electrons. The van der Waals surface area contributed by atoms with Gasteiger partial charge in [0.15, 0.2) is 5.16 Å². The van der Waals surface area contributed by atoms with Crippen molar-refractivity contribution in [2.75, 3.05) is 0 Å². The fourth-order valence-corrected chi connectivity index (χ4v) is 4.24. The smallest absolute Gasteiger partial charge is 0.183 e. The SMILES string of the molecule is Cc1ccc(-c2c(CSc3ncn[nH]3)c(C)nc(CC(C)(C)C)c2CN)cc1.Cl.Cl. The molecule has 0 bridgehead atoms. The molecule has 2 heterocycles. The minimum atomic E-state index is 0. The summed E-state index contributed by atoms with van der Waals surface area (Å²) in [6, 6.07) is 8.68. The number of aromatic nitrogens is 4. The van der Waals surface area contributed by atoms with Crippen LogP contribution < -0.4 is 5.73 Å². The number of nitrogens with one attached hydrogen (secondary N) is 1. The number of thioether (sulfide) groups is 1. The van der Waals surface area contributed by atoms with Gasteiger partial charge < -0.3 is 5.73 Å². The molecule has 0 aliphatic heterocycles. The number of aromatic amines is 1. The third-order valence-corrected chi connectivity index (χ3v) is 5.58. The number of halogens is 2. The standard InChI is InChI=1S/C22H29N5S.2ClH/c1-14-6-8-16(9-7-14)20-17(11-23)19(10-22(3,4)5)26-15(2)18(20)12-28-21-24-13-25-27-21;;/h6-9,13H,10-12,23H2,1-5H3,(H,24,25,27);2*1H. The van der Waals surface area contributed by atoms with Gasteiger partial charge in [0.05, 0.1) is 0 Å². The van der Waals surface area contributed by atoms with Crippen LogP contribution in [0.5, 0.6) is 0 Å². The molecule has 0 saturated carbocycles. The maximum Gasteiger partial charge on any atom is 0.183 e. The van der Waals surface area contributed by atoms with E-state index in [1.165, 1.54) is 28.6 Å². The minimum Gasteiger partial charge on any atom is -0.326 e. The van der Waals surface area contributed by atoms with Crippen LogP contribution in [-0.4, -0.2) is 20.2 Å². The van der Waals surface area contributed by atoms with Gasteiger partial charge in [-0.1, -0.05) is 62.4 Å². The lowest BCUT2D eigenvalue weighted by atomic mass is 9.85. The number of nitrogens with zero attached hydrogens (tertiary/aromatic N) is 3. The van der Waals surface area contributed by atoms with Gasteiger partial charge >= 0.3 is 0 Å². The first kappa shape index (κ1) is 26.4. The number of pyridine rings is 1. The van der Waals surface area contributed by atoms with Gasteiger partial charge in [-0.25, -0.2) is 4.98 Å². The second-order valence-corrected chi connectivity index (χ2v) is 9.33. The number of rotatable bonds is 6. The predicted octanol–water partition coefficient (Wildman–Crippen LogP) is 5.67. The van der Waals surface area contributed by atoms with Gasteiger partial charge in [0.1, 0.15) is 6.33 Å².